The molecule has 0 bridgehead atoms. The minimum absolute atomic E-state index is 0.0355. The van der Waals surface area contributed by atoms with Crippen LogP contribution in [-0.4, -0.2) is 21.3 Å². The molecule has 0 radical (unpaired) electrons. The highest BCUT2D eigenvalue weighted by Gasteiger charge is 2.34. The first-order valence-electron chi connectivity index (χ1n) is 10.5. The maximum absolute atomic E-state index is 12.8. The van der Waals surface area contributed by atoms with Crippen LogP contribution in [0.15, 0.2) is 54.6 Å². The number of nitrogens with zero attached hydrogens (tertiary/aromatic N) is 2. The van der Waals surface area contributed by atoms with Gasteiger partial charge in [0.2, 0.25) is 5.91 Å². The maximum Gasteiger partial charge on any atom is 0.220 e. The molecule has 0 aliphatic carbocycles. The Morgan fingerprint density at radius 2 is 1.83 bits per heavy atom. The van der Waals surface area contributed by atoms with E-state index >= 15 is 0 Å². The average molecular weight is 404 g/mol. The van der Waals surface area contributed by atoms with Gasteiger partial charge in [-0.3, -0.25) is 4.79 Å². The number of aromatic nitrogens is 2. The van der Waals surface area contributed by atoms with Gasteiger partial charge in [-0.05, 0) is 57.9 Å². The third-order valence-electron chi connectivity index (χ3n) is 5.76. The van der Waals surface area contributed by atoms with E-state index in [-0.39, 0.29) is 17.6 Å². The summed E-state index contributed by atoms with van der Waals surface area (Å²) in [6.45, 7) is 8.20. The summed E-state index contributed by atoms with van der Waals surface area (Å²) in [5.41, 5.74) is 4.98. The van der Waals surface area contributed by atoms with Crippen molar-refractivity contribution in [3.8, 4) is 11.4 Å². The fourth-order valence-electron chi connectivity index (χ4n) is 4.29. The second kappa shape index (κ2) is 7.98. The lowest BCUT2D eigenvalue weighted by Crippen LogP contribution is -2.41. The molecule has 4 rings (SSSR count). The summed E-state index contributed by atoms with van der Waals surface area (Å²) in [5.74, 6) is 0.911. The van der Waals surface area contributed by atoms with Gasteiger partial charge in [-0.1, -0.05) is 36.4 Å². The Kier molecular flexibility index (Phi) is 5.37. The van der Waals surface area contributed by atoms with Gasteiger partial charge in [0.1, 0.15) is 11.4 Å². The molecule has 1 N–H and O–H groups in total. The summed E-state index contributed by atoms with van der Waals surface area (Å²) in [5, 5.41) is 7.92. The van der Waals surface area contributed by atoms with Crippen molar-refractivity contribution in [2.24, 2.45) is 0 Å². The molecule has 5 heteroatoms. The van der Waals surface area contributed by atoms with E-state index in [9.17, 15) is 4.79 Å². The van der Waals surface area contributed by atoms with E-state index < -0.39 is 0 Å². The second-order valence-electron chi connectivity index (χ2n) is 8.62. The summed E-state index contributed by atoms with van der Waals surface area (Å²) in [7, 11) is 0. The van der Waals surface area contributed by atoms with E-state index in [1.54, 1.807) is 0 Å². The molecule has 0 unspecified atom stereocenters. The first-order valence-corrected chi connectivity index (χ1v) is 10.5. The van der Waals surface area contributed by atoms with Gasteiger partial charge in [0.15, 0.2) is 0 Å². The molecule has 5 nitrogen and oxygen atoms in total. The normalized spacial score (nSPS) is 17.1. The molecule has 1 aliphatic heterocycles. The zero-order chi connectivity index (χ0) is 21.3. The number of fused-ring (bicyclic) bond motifs is 1. The van der Waals surface area contributed by atoms with Crippen LogP contribution in [0.1, 0.15) is 55.2 Å². The van der Waals surface area contributed by atoms with Crippen LogP contribution in [0.5, 0.6) is 5.75 Å². The fraction of sp³-hybridized carbons (Fsp3) is 0.360. The molecular formula is C25H29N3O2. The largest absolute Gasteiger partial charge is 0.487 e. The molecule has 30 heavy (non-hydrogen) atoms. The average Bonchev–Trinajstić information content (AvgIpc) is 3.00. The van der Waals surface area contributed by atoms with Crippen molar-refractivity contribution < 1.29 is 9.53 Å². The lowest BCUT2D eigenvalue weighted by molar-refractivity contribution is -0.122. The van der Waals surface area contributed by atoms with Gasteiger partial charge < -0.3 is 10.1 Å². The Morgan fingerprint density at radius 3 is 2.60 bits per heavy atom. The van der Waals surface area contributed by atoms with Gasteiger partial charge in [-0.15, -0.1) is 0 Å². The summed E-state index contributed by atoms with van der Waals surface area (Å²) in [4.78, 5) is 12.8. The summed E-state index contributed by atoms with van der Waals surface area (Å²) < 4.78 is 8.03. The molecule has 1 aromatic heterocycles. The van der Waals surface area contributed by atoms with Crippen LogP contribution in [0.25, 0.3) is 5.69 Å². The lowest BCUT2D eigenvalue weighted by Gasteiger charge is -2.37. The Bertz CT molecular complexity index is 1050. The van der Waals surface area contributed by atoms with Crippen molar-refractivity contribution in [3.05, 3.63) is 77.1 Å². The van der Waals surface area contributed by atoms with Crippen molar-refractivity contribution in [2.75, 3.05) is 0 Å². The Balaban J connectivity index is 1.46. The van der Waals surface area contributed by atoms with E-state index in [1.165, 1.54) is 0 Å². The van der Waals surface area contributed by atoms with E-state index in [4.69, 9.17) is 9.84 Å². The zero-order valence-electron chi connectivity index (χ0n) is 18.1. The van der Waals surface area contributed by atoms with Gasteiger partial charge in [-0.2, -0.15) is 5.10 Å². The summed E-state index contributed by atoms with van der Waals surface area (Å²) in [6, 6.07) is 18.0. The molecular weight excluding hydrogens is 374 g/mol. The number of ether oxygens (including phenoxy) is 1. The van der Waals surface area contributed by atoms with Crippen molar-refractivity contribution in [3.63, 3.8) is 0 Å². The molecule has 156 valence electrons. The second-order valence-corrected chi connectivity index (χ2v) is 8.62. The predicted octanol–water partition coefficient (Wildman–Crippen LogP) is 4.84. The fourth-order valence-corrected chi connectivity index (χ4v) is 4.29. The molecule has 0 saturated carbocycles. The molecule has 1 aliphatic rings. The number of hydrogen-bond acceptors (Lipinski definition) is 3. The third-order valence-corrected chi connectivity index (χ3v) is 5.76. The minimum atomic E-state index is -0.309. The summed E-state index contributed by atoms with van der Waals surface area (Å²) >= 11 is 0. The van der Waals surface area contributed by atoms with Crippen LogP contribution in [-0.2, 0) is 11.2 Å². The quantitative estimate of drug-likeness (QED) is 0.663. The zero-order valence-corrected chi connectivity index (χ0v) is 18.1. The van der Waals surface area contributed by atoms with E-state index in [0.29, 0.717) is 12.8 Å². The topological polar surface area (TPSA) is 56.2 Å². The molecule has 2 aromatic carbocycles. The number of para-hydroxylation sites is 2. The van der Waals surface area contributed by atoms with Crippen LogP contribution >= 0.6 is 0 Å². The van der Waals surface area contributed by atoms with E-state index in [0.717, 1.165) is 40.4 Å². The van der Waals surface area contributed by atoms with Gasteiger partial charge in [0, 0.05) is 24.1 Å². The highest BCUT2D eigenvalue weighted by atomic mass is 16.5. The number of carbonyl (C=O) groups is 1. The van der Waals surface area contributed by atoms with Crippen molar-refractivity contribution in [2.45, 2.75) is 58.6 Å². The SMILES string of the molecule is Cc1nn(-c2ccccc2)c(C)c1CCC(=O)N[C@@H]1CC(C)(C)Oc2ccccc21. The molecule has 0 spiro atoms. The number of nitrogens with one attached hydrogen (secondary N) is 1. The Hall–Kier alpha value is -3.08. The first kappa shape index (κ1) is 20.2. The van der Waals surface area contributed by atoms with Crippen molar-refractivity contribution in [1.29, 1.82) is 0 Å². The van der Waals surface area contributed by atoms with Crippen molar-refractivity contribution in [1.82, 2.24) is 15.1 Å². The minimum Gasteiger partial charge on any atom is -0.487 e. The Morgan fingerprint density at radius 1 is 1.13 bits per heavy atom. The van der Waals surface area contributed by atoms with Crippen LogP contribution in [0.2, 0.25) is 0 Å². The lowest BCUT2D eigenvalue weighted by atomic mass is 9.89. The van der Waals surface area contributed by atoms with Gasteiger partial charge >= 0.3 is 0 Å². The van der Waals surface area contributed by atoms with E-state index in [1.807, 2.05) is 66.2 Å². The van der Waals surface area contributed by atoms with E-state index in [2.05, 4.69) is 26.1 Å². The highest BCUT2D eigenvalue weighted by Crippen LogP contribution is 2.39. The molecule has 0 saturated heterocycles. The molecule has 1 atom stereocenters. The molecule has 3 aromatic rings. The van der Waals surface area contributed by atoms with Crippen LogP contribution in [0, 0.1) is 13.8 Å². The van der Waals surface area contributed by atoms with Gasteiger partial charge in [-0.25, -0.2) is 4.68 Å². The number of carbonyl (C=O) groups excluding carboxylic acids is 1. The number of amides is 1. The molecule has 0 fully saturated rings. The van der Waals surface area contributed by atoms with Gasteiger partial charge in [0.05, 0.1) is 17.4 Å². The number of hydrogen-bond donors (Lipinski definition) is 1. The molecule has 1 amide bonds. The molecule has 2 heterocycles. The Labute approximate surface area is 178 Å². The number of benzene rings is 2. The standard InChI is InChI=1S/C25H29N3O2/c1-17-20(18(2)28(27-17)19-10-6-5-7-11-19)14-15-24(29)26-22-16-25(3,4)30-23-13-9-8-12-21(22)23/h5-13,22H,14-16H2,1-4H3,(H,26,29)/t22-/m1/s1. The third kappa shape index (κ3) is 4.11. The van der Waals surface area contributed by atoms with Crippen LogP contribution in [0.3, 0.4) is 0 Å². The highest BCUT2D eigenvalue weighted by molar-refractivity contribution is 5.77. The summed E-state index contributed by atoms with van der Waals surface area (Å²) in [6.07, 6.45) is 1.85. The maximum atomic E-state index is 12.8. The van der Waals surface area contributed by atoms with Gasteiger partial charge in [0.25, 0.3) is 0 Å². The smallest absolute Gasteiger partial charge is 0.220 e. The monoisotopic (exact) mass is 403 g/mol. The van der Waals surface area contributed by atoms with Crippen LogP contribution in [0.4, 0.5) is 0 Å². The van der Waals surface area contributed by atoms with Crippen LogP contribution < -0.4 is 10.1 Å². The number of rotatable bonds is 5. The van der Waals surface area contributed by atoms with Crippen molar-refractivity contribution >= 4 is 5.91 Å². The number of aryl methyl sites for hydroxylation is 1. The predicted molar refractivity (Wildman–Crippen MR) is 118 cm³/mol. The first-order chi connectivity index (χ1) is 14.3.